The second-order valence-electron chi connectivity index (χ2n) is 6.26. The summed E-state index contributed by atoms with van der Waals surface area (Å²) in [6.45, 7) is 3.69. The van der Waals surface area contributed by atoms with E-state index in [2.05, 4.69) is 15.6 Å². The van der Waals surface area contributed by atoms with Crippen molar-refractivity contribution in [3.8, 4) is 11.5 Å². The number of anilines is 2. The van der Waals surface area contributed by atoms with Gasteiger partial charge < -0.3 is 25.8 Å². The molecule has 2 aromatic rings. The van der Waals surface area contributed by atoms with Crippen molar-refractivity contribution >= 4 is 35.7 Å². The molecule has 0 radical (unpaired) electrons. The number of hydrogen-bond donors (Lipinski definition) is 3. The molecule has 152 valence electrons. The Labute approximate surface area is 170 Å². The van der Waals surface area contributed by atoms with Gasteiger partial charge in [-0.3, -0.25) is 9.59 Å². The molecule has 0 saturated carbocycles. The van der Waals surface area contributed by atoms with Crippen molar-refractivity contribution in [2.75, 3.05) is 25.3 Å². The lowest BCUT2D eigenvalue weighted by atomic mass is 10.0. The van der Waals surface area contributed by atoms with E-state index in [1.807, 2.05) is 13.8 Å². The zero-order chi connectivity index (χ0) is 20.0. The molecular formula is C19H25ClN4O4. The smallest absolute Gasteiger partial charge is 0.252 e. The lowest BCUT2D eigenvalue weighted by molar-refractivity contribution is -0.118. The molecule has 1 unspecified atom stereocenters. The number of nitrogens with one attached hydrogen (secondary N) is 2. The molecule has 1 aromatic heterocycles. The normalized spacial score (nSPS) is 11.2. The molecule has 0 saturated heterocycles. The maximum Gasteiger partial charge on any atom is 0.252 e. The minimum absolute atomic E-state index is 0. The number of rotatable bonds is 7. The van der Waals surface area contributed by atoms with Crippen LogP contribution in [0.1, 0.15) is 24.2 Å². The molecule has 2 amide bonds. The van der Waals surface area contributed by atoms with Gasteiger partial charge in [-0.2, -0.15) is 0 Å². The number of carbonyl (C=O) groups excluding carboxylic acids is 2. The first-order chi connectivity index (χ1) is 12.8. The molecule has 9 heteroatoms. The first-order valence-electron chi connectivity index (χ1n) is 8.40. The monoisotopic (exact) mass is 408 g/mol. The molecule has 0 aliphatic rings. The standard InChI is InChI=1S/C19H24N4O4.ClH/c1-11(2)17(19(25)22-13-5-6-16(20)21-10-13)23-18(24)12-7-14(26-3)9-15(8-12)27-4;/h5-11,17H,1-4H3,(H2,20,21)(H,22,25)(H,23,24);1H. The predicted octanol–water partition coefficient (Wildman–Crippen LogP) is 2.50. The molecule has 0 bridgehead atoms. The van der Waals surface area contributed by atoms with Gasteiger partial charge in [0.25, 0.3) is 5.91 Å². The first-order valence-corrected chi connectivity index (χ1v) is 8.40. The third-order valence-corrected chi connectivity index (χ3v) is 3.90. The number of carbonyl (C=O) groups is 2. The summed E-state index contributed by atoms with van der Waals surface area (Å²) in [5, 5.41) is 5.49. The molecular weight excluding hydrogens is 384 g/mol. The van der Waals surface area contributed by atoms with Crippen molar-refractivity contribution in [1.29, 1.82) is 0 Å². The van der Waals surface area contributed by atoms with Crippen molar-refractivity contribution in [2.45, 2.75) is 19.9 Å². The Bertz CT molecular complexity index is 790. The molecule has 2 rings (SSSR count). The summed E-state index contributed by atoms with van der Waals surface area (Å²) >= 11 is 0. The fourth-order valence-electron chi connectivity index (χ4n) is 2.40. The van der Waals surface area contributed by atoms with Gasteiger partial charge in [-0.15, -0.1) is 12.4 Å². The average Bonchev–Trinajstić information content (AvgIpc) is 2.66. The van der Waals surface area contributed by atoms with Crippen LogP contribution in [-0.2, 0) is 4.79 Å². The topological polar surface area (TPSA) is 116 Å². The van der Waals surface area contributed by atoms with Crippen molar-refractivity contribution < 1.29 is 19.1 Å². The Kier molecular flexibility index (Phi) is 8.53. The first kappa shape index (κ1) is 23.0. The number of aromatic nitrogens is 1. The zero-order valence-corrected chi connectivity index (χ0v) is 17.0. The van der Waals surface area contributed by atoms with Gasteiger partial charge in [0.05, 0.1) is 26.1 Å². The molecule has 0 fully saturated rings. The highest BCUT2D eigenvalue weighted by atomic mass is 35.5. The molecule has 1 heterocycles. The van der Waals surface area contributed by atoms with E-state index in [9.17, 15) is 9.59 Å². The van der Waals surface area contributed by atoms with Gasteiger partial charge in [0.1, 0.15) is 23.4 Å². The third-order valence-electron chi connectivity index (χ3n) is 3.90. The van der Waals surface area contributed by atoms with Crippen molar-refractivity contribution in [3.05, 3.63) is 42.1 Å². The number of pyridine rings is 1. The van der Waals surface area contributed by atoms with E-state index in [0.717, 1.165) is 0 Å². The fourth-order valence-corrected chi connectivity index (χ4v) is 2.40. The number of benzene rings is 1. The number of hydrogen-bond acceptors (Lipinski definition) is 6. The predicted molar refractivity (Wildman–Crippen MR) is 110 cm³/mol. The Morgan fingerprint density at radius 1 is 1.07 bits per heavy atom. The number of halogens is 1. The van der Waals surface area contributed by atoms with Crippen LogP contribution >= 0.6 is 12.4 Å². The van der Waals surface area contributed by atoms with Crippen molar-refractivity contribution in [2.24, 2.45) is 5.92 Å². The van der Waals surface area contributed by atoms with Gasteiger partial charge in [-0.05, 0) is 30.2 Å². The molecule has 0 aliphatic carbocycles. The van der Waals surface area contributed by atoms with E-state index in [1.165, 1.54) is 20.4 Å². The summed E-state index contributed by atoms with van der Waals surface area (Å²) in [4.78, 5) is 29.2. The van der Waals surface area contributed by atoms with Gasteiger partial charge >= 0.3 is 0 Å². The molecule has 28 heavy (non-hydrogen) atoms. The highest BCUT2D eigenvalue weighted by Gasteiger charge is 2.25. The Hall–Kier alpha value is -3.00. The SMILES string of the molecule is COc1cc(OC)cc(C(=O)NC(C(=O)Nc2ccc(N)nc2)C(C)C)c1.Cl. The molecule has 8 nitrogen and oxygen atoms in total. The van der Waals surface area contributed by atoms with Gasteiger partial charge in [-0.25, -0.2) is 4.98 Å². The van der Waals surface area contributed by atoms with Gasteiger partial charge in [0, 0.05) is 11.6 Å². The molecule has 4 N–H and O–H groups in total. The highest BCUT2D eigenvalue weighted by molar-refractivity contribution is 6.01. The van der Waals surface area contributed by atoms with E-state index in [4.69, 9.17) is 15.2 Å². The minimum atomic E-state index is -0.743. The summed E-state index contributed by atoms with van der Waals surface area (Å²) < 4.78 is 10.4. The molecule has 0 spiro atoms. The van der Waals surface area contributed by atoms with Crippen LogP contribution in [0, 0.1) is 5.92 Å². The van der Waals surface area contributed by atoms with Crippen LogP contribution in [0.3, 0.4) is 0 Å². The zero-order valence-electron chi connectivity index (χ0n) is 16.2. The van der Waals surface area contributed by atoms with Crippen molar-refractivity contribution in [1.82, 2.24) is 10.3 Å². The number of nitrogen functional groups attached to an aromatic ring is 1. The van der Waals surface area contributed by atoms with Crippen molar-refractivity contribution in [3.63, 3.8) is 0 Å². The Balaban J connectivity index is 0.00000392. The van der Waals surface area contributed by atoms with E-state index in [1.54, 1.807) is 30.3 Å². The van der Waals surface area contributed by atoms with E-state index in [-0.39, 0.29) is 24.2 Å². The minimum Gasteiger partial charge on any atom is -0.497 e. The number of amides is 2. The number of methoxy groups -OCH3 is 2. The summed E-state index contributed by atoms with van der Waals surface area (Å²) in [6.07, 6.45) is 1.46. The summed E-state index contributed by atoms with van der Waals surface area (Å²) in [5.74, 6) is 0.434. The summed E-state index contributed by atoms with van der Waals surface area (Å²) in [5.41, 5.74) is 6.37. The number of nitrogens with two attached hydrogens (primary N) is 1. The maximum atomic E-state index is 12.7. The fraction of sp³-hybridized carbons (Fsp3) is 0.316. The van der Waals surface area contributed by atoms with Gasteiger partial charge in [0.15, 0.2) is 0 Å². The van der Waals surface area contributed by atoms with E-state index in [0.29, 0.717) is 28.6 Å². The maximum absolute atomic E-state index is 12.7. The largest absolute Gasteiger partial charge is 0.497 e. The Morgan fingerprint density at radius 2 is 1.68 bits per heavy atom. The lowest BCUT2D eigenvalue weighted by Crippen LogP contribution is -2.47. The average molecular weight is 409 g/mol. The van der Waals surface area contributed by atoms with Crippen LogP contribution in [0.25, 0.3) is 0 Å². The molecule has 1 aromatic carbocycles. The van der Waals surface area contributed by atoms with Crippen LogP contribution in [-0.4, -0.2) is 37.1 Å². The number of ether oxygens (including phenoxy) is 2. The van der Waals surface area contributed by atoms with Crippen LogP contribution in [0.15, 0.2) is 36.5 Å². The van der Waals surface area contributed by atoms with E-state index < -0.39 is 11.9 Å². The van der Waals surface area contributed by atoms with Crippen LogP contribution < -0.4 is 25.8 Å². The second-order valence-corrected chi connectivity index (χ2v) is 6.26. The van der Waals surface area contributed by atoms with E-state index >= 15 is 0 Å². The second kappa shape index (κ2) is 10.4. The van der Waals surface area contributed by atoms with Crippen LogP contribution in [0.4, 0.5) is 11.5 Å². The summed E-state index contributed by atoms with van der Waals surface area (Å²) in [6, 6.07) is 7.31. The quantitative estimate of drug-likeness (QED) is 0.648. The van der Waals surface area contributed by atoms with Crippen LogP contribution in [0.2, 0.25) is 0 Å². The Morgan fingerprint density at radius 3 is 2.14 bits per heavy atom. The molecule has 0 aliphatic heterocycles. The van der Waals surface area contributed by atoms with Gasteiger partial charge in [0.2, 0.25) is 5.91 Å². The molecule has 1 atom stereocenters. The van der Waals surface area contributed by atoms with Crippen LogP contribution in [0.5, 0.6) is 11.5 Å². The summed E-state index contributed by atoms with van der Waals surface area (Å²) in [7, 11) is 3.00. The third kappa shape index (κ3) is 6.02. The number of nitrogens with zero attached hydrogens (tertiary/aromatic N) is 1. The van der Waals surface area contributed by atoms with Gasteiger partial charge in [-0.1, -0.05) is 13.8 Å². The highest BCUT2D eigenvalue weighted by Crippen LogP contribution is 2.22. The lowest BCUT2D eigenvalue weighted by Gasteiger charge is -2.22.